The second kappa shape index (κ2) is 6.90. The lowest BCUT2D eigenvalue weighted by Gasteiger charge is -2.36. The van der Waals surface area contributed by atoms with E-state index in [0.29, 0.717) is 6.04 Å². The van der Waals surface area contributed by atoms with Gasteiger partial charge in [-0.15, -0.1) is 0 Å². The van der Waals surface area contributed by atoms with Crippen molar-refractivity contribution in [2.75, 3.05) is 20.6 Å². The van der Waals surface area contributed by atoms with Crippen LogP contribution in [0.1, 0.15) is 16.7 Å². The minimum Gasteiger partial charge on any atom is -0.300 e. The summed E-state index contributed by atoms with van der Waals surface area (Å²) >= 11 is 0. The molecule has 0 saturated carbocycles. The Labute approximate surface area is 149 Å². The Bertz CT molecular complexity index is 871. The van der Waals surface area contributed by atoms with Crippen LogP contribution in [0.4, 0.5) is 0 Å². The van der Waals surface area contributed by atoms with Crippen molar-refractivity contribution in [3.05, 3.63) is 71.5 Å². The number of hydrogen-bond donors (Lipinski definition) is 0. The van der Waals surface area contributed by atoms with Crippen molar-refractivity contribution in [1.82, 2.24) is 19.8 Å². The molecule has 0 unspecified atom stereocenters. The fourth-order valence-electron chi connectivity index (χ4n) is 3.82. The first-order chi connectivity index (χ1) is 12.2. The van der Waals surface area contributed by atoms with Crippen LogP contribution in [0.25, 0.3) is 11.0 Å². The van der Waals surface area contributed by atoms with Crippen LogP contribution < -0.4 is 0 Å². The van der Waals surface area contributed by atoms with Gasteiger partial charge in [-0.25, -0.2) is 0 Å². The Hall–Kier alpha value is -2.30. The van der Waals surface area contributed by atoms with Gasteiger partial charge in [0.25, 0.3) is 0 Å². The summed E-state index contributed by atoms with van der Waals surface area (Å²) in [6.07, 6.45) is 4.65. The molecular formula is C21H24N4. The number of benzene rings is 2. The molecule has 1 aromatic heterocycles. The normalized spacial score (nSPS) is 17.8. The quantitative estimate of drug-likeness (QED) is 0.735. The Kier molecular flexibility index (Phi) is 4.47. The fraction of sp³-hybridized carbons (Fsp3) is 0.333. The lowest BCUT2D eigenvalue weighted by atomic mass is 9.94. The number of aromatic nitrogens is 2. The molecule has 2 aromatic carbocycles. The SMILES string of the molecule is CN(Cc1cccc2nccnc12)C[C@@H]1Cc2ccccc2CN1C. The van der Waals surface area contributed by atoms with E-state index in [2.05, 4.69) is 70.3 Å². The van der Waals surface area contributed by atoms with Gasteiger partial charge in [-0.2, -0.15) is 0 Å². The van der Waals surface area contributed by atoms with Gasteiger partial charge in [-0.3, -0.25) is 14.9 Å². The molecule has 4 rings (SSSR count). The largest absolute Gasteiger partial charge is 0.300 e. The molecule has 4 nitrogen and oxygen atoms in total. The highest BCUT2D eigenvalue weighted by Gasteiger charge is 2.24. The first kappa shape index (κ1) is 16.2. The summed E-state index contributed by atoms with van der Waals surface area (Å²) in [5, 5.41) is 0. The molecule has 128 valence electrons. The van der Waals surface area contributed by atoms with E-state index in [1.165, 1.54) is 16.7 Å². The molecule has 25 heavy (non-hydrogen) atoms. The summed E-state index contributed by atoms with van der Waals surface area (Å²) in [7, 11) is 4.43. The average Bonchev–Trinajstić information content (AvgIpc) is 2.63. The molecule has 0 N–H and O–H groups in total. The number of fused-ring (bicyclic) bond motifs is 2. The smallest absolute Gasteiger partial charge is 0.0931 e. The zero-order valence-electron chi connectivity index (χ0n) is 14.9. The van der Waals surface area contributed by atoms with Crippen molar-refractivity contribution >= 4 is 11.0 Å². The monoisotopic (exact) mass is 332 g/mol. The topological polar surface area (TPSA) is 32.3 Å². The molecule has 1 aliphatic heterocycles. The van der Waals surface area contributed by atoms with Crippen molar-refractivity contribution in [3.8, 4) is 0 Å². The maximum Gasteiger partial charge on any atom is 0.0931 e. The molecule has 1 aliphatic rings. The van der Waals surface area contributed by atoms with Crippen LogP contribution in [0.2, 0.25) is 0 Å². The first-order valence-electron chi connectivity index (χ1n) is 8.85. The highest BCUT2D eigenvalue weighted by molar-refractivity contribution is 5.77. The molecule has 0 saturated heterocycles. The second-order valence-corrected chi connectivity index (χ2v) is 7.08. The van der Waals surface area contributed by atoms with Crippen LogP contribution in [0.3, 0.4) is 0 Å². The van der Waals surface area contributed by atoms with Gasteiger partial charge in [0.05, 0.1) is 11.0 Å². The van der Waals surface area contributed by atoms with Crippen LogP contribution in [0, 0.1) is 0 Å². The lowest BCUT2D eigenvalue weighted by molar-refractivity contribution is 0.159. The van der Waals surface area contributed by atoms with E-state index >= 15 is 0 Å². The summed E-state index contributed by atoms with van der Waals surface area (Å²) < 4.78 is 0. The maximum absolute atomic E-state index is 4.53. The van der Waals surface area contributed by atoms with Crippen LogP contribution in [-0.4, -0.2) is 46.4 Å². The molecule has 0 amide bonds. The molecule has 0 fully saturated rings. The summed E-state index contributed by atoms with van der Waals surface area (Å²) in [6.45, 7) is 2.97. The number of rotatable bonds is 4. The predicted octanol–water partition coefficient (Wildman–Crippen LogP) is 3.12. The third-order valence-corrected chi connectivity index (χ3v) is 5.16. The van der Waals surface area contributed by atoms with Crippen molar-refractivity contribution < 1.29 is 0 Å². The first-order valence-corrected chi connectivity index (χ1v) is 8.85. The van der Waals surface area contributed by atoms with E-state index in [1.807, 2.05) is 6.07 Å². The maximum atomic E-state index is 4.53. The van der Waals surface area contributed by atoms with Crippen LogP contribution in [-0.2, 0) is 19.5 Å². The zero-order valence-corrected chi connectivity index (χ0v) is 14.9. The van der Waals surface area contributed by atoms with E-state index in [1.54, 1.807) is 12.4 Å². The number of para-hydroxylation sites is 1. The molecule has 0 spiro atoms. The molecule has 0 bridgehead atoms. The third kappa shape index (κ3) is 3.41. The molecule has 0 radical (unpaired) electrons. The number of nitrogens with zero attached hydrogens (tertiary/aromatic N) is 4. The van der Waals surface area contributed by atoms with E-state index < -0.39 is 0 Å². The van der Waals surface area contributed by atoms with Crippen molar-refractivity contribution in [2.45, 2.75) is 25.6 Å². The lowest BCUT2D eigenvalue weighted by Crippen LogP contribution is -2.44. The second-order valence-electron chi connectivity index (χ2n) is 7.08. The van der Waals surface area contributed by atoms with Gasteiger partial charge < -0.3 is 4.90 Å². The van der Waals surface area contributed by atoms with Gasteiger partial charge >= 0.3 is 0 Å². The Morgan fingerprint density at radius 1 is 1.04 bits per heavy atom. The minimum atomic E-state index is 0.543. The number of hydrogen-bond acceptors (Lipinski definition) is 4. The van der Waals surface area contributed by atoms with E-state index in [4.69, 9.17) is 0 Å². The van der Waals surface area contributed by atoms with Gasteiger partial charge in [0.1, 0.15) is 0 Å². The molecule has 0 aliphatic carbocycles. The summed E-state index contributed by atoms with van der Waals surface area (Å²) in [6, 6.07) is 15.6. The standard InChI is InChI=1S/C21H24N4/c1-24(13-18-8-5-9-20-21(18)23-11-10-22-20)15-19-12-16-6-3-4-7-17(16)14-25(19)2/h3-11,19H,12-15H2,1-2H3/t19-/m0/s1. The van der Waals surface area contributed by atoms with Crippen molar-refractivity contribution in [1.29, 1.82) is 0 Å². The van der Waals surface area contributed by atoms with E-state index in [9.17, 15) is 0 Å². The molecule has 2 heterocycles. The summed E-state index contributed by atoms with van der Waals surface area (Å²) in [5.41, 5.74) is 6.19. The van der Waals surface area contributed by atoms with Gasteiger partial charge in [-0.05, 0) is 43.3 Å². The van der Waals surface area contributed by atoms with Gasteiger partial charge in [0.2, 0.25) is 0 Å². The summed E-state index contributed by atoms with van der Waals surface area (Å²) in [4.78, 5) is 13.8. The molecular weight excluding hydrogens is 308 g/mol. The predicted molar refractivity (Wildman–Crippen MR) is 101 cm³/mol. The zero-order chi connectivity index (χ0) is 17.2. The van der Waals surface area contributed by atoms with Crippen molar-refractivity contribution in [2.24, 2.45) is 0 Å². The summed E-state index contributed by atoms with van der Waals surface area (Å²) in [5.74, 6) is 0. The van der Waals surface area contributed by atoms with Crippen LogP contribution >= 0.6 is 0 Å². The highest BCUT2D eigenvalue weighted by Crippen LogP contribution is 2.23. The van der Waals surface area contributed by atoms with Gasteiger partial charge in [-0.1, -0.05) is 36.4 Å². The van der Waals surface area contributed by atoms with Crippen molar-refractivity contribution in [3.63, 3.8) is 0 Å². The van der Waals surface area contributed by atoms with E-state index in [0.717, 1.165) is 37.1 Å². The van der Waals surface area contributed by atoms with Gasteiger partial charge in [0.15, 0.2) is 0 Å². The molecule has 4 heteroatoms. The number of likely N-dealkylation sites (N-methyl/N-ethyl adjacent to an activating group) is 2. The molecule has 1 atom stereocenters. The Morgan fingerprint density at radius 2 is 1.84 bits per heavy atom. The minimum absolute atomic E-state index is 0.543. The van der Waals surface area contributed by atoms with Gasteiger partial charge in [0, 0.05) is 38.1 Å². The van der Waals surface area contributed by atoms with Crippen LogP contribution in [0.15, 0.2) is 54.9 Å². The fourth-order valence-corrected chi connectivity index (χ4v) is 3.82. The van der Waals surface area contributed by atoms with Crippen LogP contribution in [0.5, 0.6) is 0 Å². The van der Waals surface area contributed by atoms with E-state index in [-0.39, 0.29) is 0 Å². The average molecular weight is 332 g/mol. The third-order valence-electron chi connectivity index (χ3n) is 5.16. The molecule has 3 aromatic rings. The Morgan fingerprint density at radius 3 is 2.72 bits per heavy atom. The highest BCUT2D eigenvalue weighted by atomic mass is 15.2. The Balaban J connectivity index is 1.48.